The normalized spacial score (nSPS) is 23.4. The maximum atomic E-state index is 6.42. The molecule has 18 heavy (non-hydrogen) atoms. The fourth-order valence-corrected chi connectivity index (χ4v) is 3.32. The van der Waals surface area contributed by atoms with Crippen molar-refractivity contribution in [3.8, 4) is 0 Å². The molecule has 98 valence electrons. The van der Waals surface area contributed by atoms with Crippen LogP contribution in [0.2, 0.25) is 0 Å². The first-order chi connectivity index (χ1) is 8.75. The Labute approximate surface area is 113 Å². The maximum Gasteiger partial charge on any atom is 0.104 e. The zero-order valence-corrected chi connectivity index (χ0v) is 11.3. The minimum atomic E-state index is 0.111. The molecule has 1 aromatic carbocycles. The summed E-state index contributed by atoms with van der Waals surface area (Å²) in [5.74, 6) is 0. The van der Waals surface area contributed by atoms with Crippen molar-refractivity contribution < 1.29 is 0 Å². The van der Waals surface area contributed by atoms with Crippen molar-refractivity contribution in [3.63, 3.8) is 0 Å². The van der Waals surface area contributed by atoms with E-state index in [2.05, 4.69) is 22.3 Å². The van der Waals surface area contributed by atoms with E-state index in [-0.39, 0.29) is 5.50 Å². The first-order valence-corrected chi connectivity index (χ1v) is 7.26. The SMILES string of the molecule is Nc1cc(N2CCCCC2Cl)cc2c1CCCN2. The Hall–Kier alpha value is -1.09. The van der Waals surface area contributed by atoms with Crippen molar-refractivity contribution in [1.82, 2.24) is 0 Å². The molecule has 1 saturated heterocycles. The van der Waals surface area contributed by atoms with Crippen molar-refractivity contribution in [3.05, 3.63) is 17.7 Å². The molecule has 2 aliphatic heterocycles. The molecule has 0 spiro atoms. The molecule has 0 aromatic heterocycles. The smallest absolute Gasteiger partial charge is 0.104 e. The number of hydrogen-bond donors (Lipinski definition) is 2. The third-order valence-corrected chi connectivity index (χ3v) is 4.40. The maximum absolute atomic E-state index is 6.42. The number of hydrogen-bond acceptors (Lipinski definition) is 3. The predicted octanol–water partition coefficient (Wildman–Crippen LogP) is 3.18. The van der Waals surface area contributed by atoms with Gasteiger partial charge in [0.1, 0.15) is 5.50 Å². The number of anilines is 3. The number of rotatable bonds is 1. The van der Waals surface area contributed by atoms with Crippen LogP contribution in [0, 0.1) is 0 Å². The molecule has 3 nitrogen and oxygen atoms in total. The Morgan fingerprint density at radius 1 is 1.28 bits per heavy atom. The van der Waals surface area contributed by atoms with E-state index < -0.39 is 0 Å². The van der Waals surface area contributed by atoms with Crippen molar-refractivity contribution in [2.45, 2.75) is 37.6 Å². The second-order valence-electron chi connectivity index (χ2n) is 5.22. The van der Waals surface area contributed by atoms with Gasteiger partial charge in [0.25, 0.3) is 0 Å². The van der Waals surface area contributed by atoms with Gasteiger partial charge in [-0.05, 0) is 49.8 Å². The standard InChI is InChI=1S/C14H20ClN3/c15-14-5-1-2-7-18(14)10-8-12(16)11-4-3-6-17-13(11)9-10/h8-9,14,17H,1-7,16H2. The van der Waals surface area contributed by atoms with Crippen LogP contribution >= 0.6 is 11.6 Å². The minimum Gasteiger partial charge on any atom is -0.398 e. The lowest BCUT2D eigenvalue weighted by atomic mass is 10.00. The van der Waals surface area contributed by atoms with Gasteiger partial charge in [0.05, 0.1) is 0 Å². The number of piperidine rings is 1. The van der Waals surface area contributed by atoms with E-state index in [0.29, 0.717) is 0 Å². The van der Waals surface area contributed by atoms with Gasteiger partial charge in [0.15, 0.2) is 0 Å². The van der Waals surface area contributed by atoms with Crippen LogP contribution < -0.4 is 16.0 Å². The second-order valence-corrected chi connectivity index (χ2v) is 5.72. The molecule has 1 aromatic rings. The van der Waals surface area contributed by atoms with Crippen LogP contribution in [0.4, 0.5) is 17.1 Å². The van der Waals surface area contributed by atoms with Crippen LogP contribution in [0.3, 0.4) is 0 Å². The molecule has 1 atom stereocenters. The summed E-state index contributed by atoms with van der Waals surface area (Å²) >= 11 is 6.42. The lowest BCUT2D eigenvalue weighted by Gasteiger charge is -2.35. The van der Waals surface area contributed by atoms with E-state index in [9.17, 15) is 0 Å². The number of nitrogens with two attached hydrogens (primary N) is 1. The van der Waals surface area contributed by atoms with Gasteiger partial charge in [0, 0.05) is 30.2 Å². The molecular formula is C14H20ClN3. The van der Waals surface area contributed by atoms with E-state index in [1.165, 1.54) is 36.2 Å². The number of nitrogen functional groups attached to an aromatic ring is 1. The number of benzene rings is 1. The lowest BCUT2D eigenvalue weighted by Crippen LogP contribution is -2.36. The summed E-state index contributed by atoms with van der Waals surface area (Å²) in [5, 5.41) is 3.45. The molecular weight excluding hydrogens is 246 g/mol. The van der Waals surface area contributed by atoms with Crippen molar-refractivity contribution in [1.29, 1.82) is 0 Å². The Kier molecular flexibility index (Phi) is 3.25. The average Bonchev–Trinajstić information content (AvgIpc) is 2.39. The van der Waals surface area contributed by atoms with E-state index in [1.54, 1.807) is 0 Å². The minimum absolute atomic E-state index is 0.111. The molecule has 0 bridgehead atoms. The van der Waals surface area contributed by atoms with Gasteiger partial charge in [-0.3, -0.25) is 0 Å². The Morgan fingerprint density at radius 2 is 2.17 bits per heavy atom. The highest BCUT2D eigenvalue weighted by atomic mass is 35.5. The van der Waals surface area contributed by atoms with Crippen LogP contribution in [-0.4, -0.2) is 18.6 Å². The summed E-state index contributed by atoms with van der Waals surface area (Å²) in [7, 11) is 0. The van der Waals surface area contributed by atoms with E-state index >= 15 is 0 Å². The summed E-state index contributed by atoms with van der Waals surface area (Å²) in [6, 6.07) is 4.30. The van der Waals surface area contributed by atoms with E-state index in [4.69, 9.17) is 17.3 Å². The molecule has 0 aliphatic carbocycles. The van der Waals surface area contributed by atoms with Gasteiger partial charge in [-0.25, -0.2) is 0 Å². The zero-order chi connectivity index (χ0) is 12.5. The third kappa shape index (κ3) is 2.12. The first-order valence-electron chi connectivity index (χ1n) is 6.82. The first kappa shape index (κ1) is 12.0. The van der Waals surface area contributed by atoms with Crippen LogP contribution in [0.15, 0.2) is 12.1 Å². The Morgan fingerprint density at radius 3 is 3.00 bits per heavy atom. The fraction of sp³-hybridized carbons (Fsp3) is 0.571. The molecule has 3 rings (SSSR count). The molecule has 0 amide bonds. The van der Waals surface area contributed by atoms with E-state index in [0.717, 1.165) is 31.6 Å². The molecule has 2 aliphatic rings. The van der Waals surface area contributed by atoms with Gasteiger partial charge in [-0.15, -0.1) is 0 Å². The van der Waals surface area contributed by atoms with Crippen LogP contribution in [-0.2, 0) is 6.42 Å². The summed E-state index contributed by atoms with van der Waals surface area (Å²) in [4.78, 5) is 2.28. The molecule has 0 saturated carbocycles. The van der Waals surface area contributed by atoms with E-state index in [1.807, 2.05) is 0 Å². The van der Waals surface area contributed by atoms with Gasteiger partial charge < -0.3 is 16.0 Å². The number of halogens is 1. The number of fused-ring (bicyclic) bond motifs is 1. The summed E-state index contributed by atoms with van der Waals surface area (Å²) in [5.41, 5.74) is 10.8. The van der Waals surface area contributed by atoms with Crippen LogP contribution in [0.1, 0.15) is 31.2 Å². The molecule has 1 unspecified atom stereocenters. The summed E-state index contributed by atoms with van der Waals surface area (Å²) in [6.07, 6.45) is 5.75. The summed E-state index contributed by atoms with van der Waals surface area (Å²) < 4.78 is 0. The largest absolute Gasteiger partial charge is 0.398 e. The summed E-state index contributed by atoms with van der Waals surface area (Å²) in [6.45, 7) is 2.08. The lowest BCUT2D eigenvalue weighted by molar-refractivity contribution is 0.545. The number of nitrogens with one attached hydrogen (secondary N) is 1. The fourth-order valence-electron chi connectivity index (χ4n) is 2.95. The van der Waals surface area contributed by atoms with Gasteiger partial charge in [0.2, 0.25) is 0 Å². The molecule has 4 heteroatoms. The second kappa shape index (κ2) is 4.88. The molecule has 3 N–H and O–H groups in total. The van der Waals surface area contributed by atoms with Gasteiger partial charge in [-0.1, -0.05) is 11.6 Å². The Balaban J connectivity index is 1.94. The van der Waals surface area contributed by atoms with Gasteiger partial charge in [-0.2, -0.15) is 0 Å². The number of alkyl halides is 1. The predicted molar refractivity (Wildman–Crippen MR) is 78.5 cm³/mol. The van der Waals surface area contributed by atoms with Crippen molar-refractivity contribution in [2.75, 3.05) is 29.0 Å². The van der Waals surface area contributed by atoms with Crippen molar-refractivity contribution >= 4 is 28.7 Å². The highest BCUT2D eigenvalue weighted by molar-refractivity contribution is 6.21. The highest BCUT2D eigenvalue weighted by Crippen LogP contribution is 2.35. The highest BCUT2D eigenvalue weighted by Gasteiger charge is 2.22. The monoisotopic (exact) mass is 265 g/mol. The average molecular weight is 266 g/mol. The third-order valence-electron chi connectivity index (χ3n) is 3.95. The zero-order valence-electron chi connectivity index (χ0n) is 10.6. The van der Waals surface area contributed by atoms with Crippen molar-refractivity contribution in [2.24, 2.45) is 0 Å². The quantitative estimate of drug-likeness (QED) is 0.466. The van der Waals surface area contributed by atoms with Crippen LogP contribution in [0.25, 0.3) is 0 Å². The Bertz CT molecular complexity index is 447. The molecule has 2 heterocycles. The molecule has 0 radical (unpaired) electrons. The topological polar surface area (TPSA) is 41.3 Å². The number of nitrogens with zero attached hydrogens (tertiary/aromatic N) is 1. The van der Waals surface area contributed by atoms with Gasteiger partial charge >= 0.3 is 0 Å². The van der Waals surface area contributed by atoms with Crippen LogP contribution in [0.5, 0.6) is 0 Å². The molecule has 1 fully saturated rings.